The monoisotopic (exact) mass is 204 g/mol. The van der Waals surface area contributed by atoms with Crippen molar-refractivity contribution in [1.82, 2.24) is 5.16 Å². The van der Waals surface area contributed by atoms with Crippen molar-refractivity contribution in [3.8, 4) is 0 Å². The van der Waals surface area contributed by atoms with Crippen molar-refractivity contribution in [3.63, 3.8) is 0 Å². The zero-order valence-corrected chi connectivity index (χ0v) is 7.31. The molecule has 2 N–H and O–H groups in total. The Hall–Kier alpha value is -0.510. The van der Waals surface area contributed by atoms with Crippen LogP contribution in [0.3, 0.4) is 0 Å². The van der Waals surface area contributed by atoms with Crippen LogP contribution in [0.1, 0.15) is 19.1 Å². The van der Waals surface area contributed by atoms with Crippen molar-refractivity contribution < 1.29 is 4.52 Å². The summed E-state index contributed by atoms with van der Waals surface area (Å²) >= 11 is 3.16. The van der Waals surface area contributed by atoms with Crippen LogP contribution < -0.4 is 5.73 Å². The van der Waals surface area contributed by atoms with E-state index in [1.54, 1.807) is 0 Å². The first kappa shape index (κ1) is 7.60. The molecule has 1 aromatic rings. The molecule has 0 saturated heterocycles. The maximum atomic E-state index is 5.59. The van der Waals surface area contributed by atoms with E-state index in [1.807, 2.05) is 0 Å². The molecule has 1 rings (SSSR count). The fourth-order valence-corrected chi connectivity index (χ4v) is 1.01. The van der Waals surface area contributed by atoms with Gasteiger partial charge in [0, 0.05) is 6.42 Å². The van der Waals surface area contributed by atoms with Crippen molar-refractivity contribution in [1.29, 1.82) is 0 Å². The maximum Gasteiger partial charge on any atom is 0.172 e. The van der Waals surface area contributed by atoms with E-state index in [1.165, 1.54) is 0 Å². The summed E-state index contributed by atoms with van der Waals surface area (Å²) in [5, 5.41) is 3.65. The molecule has 0 amide bonds. The standard InChI is InChI=1S/C6H9BrN2O/c1-2-3-4-5(8)6(7)9-10-4/h2-3,8H2,1H3. The van der Waals surface area contributed by atoms with Crippen molar-refractivity contribution >= 4 is 21.6 Å². The van der Waals surface area contributed by atoms with Gasteiger partial charge in [0.2, 0.25) is 0 Å². The number of hydrogen-bond acceptors (Lipinski definition) is 3. The lowest BCUT2D eigenvalue weighted by atomic mass is 10.2. The zero-order chi connectivity index (χ0) is 7.56. The molecule has 1 aromatic heterocycles. The first-order chi connectivity index (χ1) is 4.75. The number of rotatable bonds is 2. The number of anilines is 1. The van der Waals surface area contributed by atoms with E-state index in [0.29, 0.717) is 10.3 Å². The van der Waals surface area contributed by atoms with Crippen molar-refractivity contribution in [2.24, 2.45) is 0 Å². The highest BCUT2D eigenvalue weighted by Crippen LogP contribution is 2.22. The summed E-state index contributed by atoms with van der Waals surface area (Å²) in [5.41, 5.74) is 6.21. The van der Waals surface area contributed by atoms with Crippen LogP contribution in [0.5, 0.6) is 0 Å². The molecular formula is C6H9BrN2O. The average Bonchev–Trinajstić information content (AvgIpc) is 2.20. The summed E-state index contributed by atoms with van der Waals surface area (Å²) in [5.74, 6) is 0.773. The Bertz CT molecular complexity index is 222. The van der Waals surface area contributed by atoms with Gasteiger partial charge in [-0.25, -0.2) is 0 Å². The molecule has 0 unspecified atom stereocenters. The number of nitrogens with two attached hydrogens (primary N) is 1. The first-order valence-electron chi connectivity index (χ1n) is 3.15. The van der Waals surface area contributed by atoms with Crippen molar-refractivity contribution in [2.75, 3.05) is 5.73 Å². The highest BCUT2D eigenvalue weighted by atomic mass is 79.9. The van der Waals surface area contributed by atoms with Gasteiger partial charge < -0.3 is 10.3 Å². The quantitative estimate of drug-likeness (QED) is 0.802. The summed E-state index contributed by atoms with van der Waals surface area (Å²) < 4.78 is 5.52. The van der Waals surface area contributed by atoms with Gasteiger partial charge in [0.05, 0.1) is 0 Å². The van der Waals surface area contributed by atoms with E-state index in [-0.39, 0.29) is 0 Å². The second-order valence-electron chi connectivity index (χ2n) is 2.06. The molecule has 4 heteroatoms. The summed E-state index contributed by atoms with van der Waals surface area (Å²) in [4.78, 5) is 0. The van der Waals surface area contributed by atoms with Crippen LogP contribution in [0, 0.1) is 0 Å². The molecule has 0 aromatic carbocycles. The average molecular weight is 205 g/mol. The van der Waals surface area contributed by atoms with E-state index in [4.69, 9.17) is 10.3 Å². The highest BCUT2D eigenvalue weighted by molar-refractivity contribution is 9.10. The minimum atomic E-state index is 0.607. The van der Waals surface area contributed by atoms with Crippen LogP contribution in [0.2, 0.25) is 0 Å². The molecule has 0 radical (unpaired) electrons. The molecule has 3 nitrogen and oxygen atoms in total. The van der Waals surface area contributed by atoms with Gasteiger partial charge in [-0.15, -0.1) is 0 Å². The number of nitrogens with zero attached hydrogens (tertiary/aromatic N) is 1. The molecular weight excluding hydrogens is 196 g/mol. The molecule has 0 spiro atoms. The lowest BCUT2D eigenvalue weighted by Gasteiger charge is -1.89. The first-order valence-corrected chi connectivity index (χ1v) is 3.94. The van der Waals surface area contributed by atoms with E-state index in [9.17, 15) is 0 Å². The normalized spacial score (nSPS) is 10.2. The molecule has 0 fully saturated rings. The lowest BCUT2D eigenvalue weighted by Crippen LogP contribution is -1.88. The smallest absolute Gasteiger partial charge is 0.172 e. The number of aromatic nitrogens is 1. The Morgan fingerprint density at radius 2 is 2.40 bits per heavy atom. The third-order valence-electron chi connectivity index (χ3n) is 1.24. The van der Waals surface area contributed by atoms with Gasteiger partial charge in [-0.05, 0) is 22.4 Å². The van der Waals surface area contributed by atoms with Crippen LogP contribution in [0.15, 0.2) is 9.13 Å². The largest absolute Gasteiger partial charge is 0.394 e. The summed E-state index contributed by atoms with van der Waals surface area (Å²) in [6.07, 6.45) is 1.87. The minimum Gasteiger partial charge on any atom is -0.394 e. The number of nitrogen functional groups attached to an aromatic ring is 1. The van der Waals surface area contributed by atoms with Gasteiger partial charge in [-0.1, -0.05) is 12.1 Å². The fourth-order valence-electron chi connectivity index (χ4n) is 0.716. The molecule has 0 aliphatic heterocycles. The van der Waals surface area contributed by atoms with E-state index < -0.39 is 0 Å². The van der Waals surface area contributed by atoms with E-state index in [2.05, 4.69) is 28.0 Å². The fraction of sp³-hybridized carbons (Fsp3) is 0.500. The Morgan fingerprint density at radius 1 is 1.70 bits per heavy atom. The predicted octanol–water partition coefficient (Wildman–Crippen LogP) is 1.97. The topological polar surface area (TPSA) is 52.0 Å². The number of halogens is 1. The zero-order valence-electron chi connectivity index (χ0n) is 5.72. The van der Waals surface area contributed by atoms with Crippen molar-refractivity contribution in [2.45, 2.75) is 19.8 Å². The summed E-state index contributed by atoms with van der Waals surface area (Å²) in [6, 6.07) is 0. The van der Waals surface area contributed by atoms with Crippen molar-refractivity contribution in [3.05, 3.63) is 10.4 Å². The molecule has 0 bridgehead atoms. The van der Waals surface area contributed by atoms with Gasteiger partial charge in [0.1, 0.15) is 5.69 Å². The van der Waals surface area contributed by atoms with Crippen LogP contribution >= 0.6 is 15.9 Å². The summed E-state index contributed by atoms with van der Waals surface area (Å²) in [6.45, 7) is 2.07. The summed E-state index contributed by atoms with van der Waals surface area (Å²) in [7, 11) is 0. The van der Waals surface area contributed by atoms with Crippen LogP contribution in [0.25, 0.3) is 0 Å². The second kappa shape index (κ2) is 3.05. The molecule has 10 heavy (non-hydrogen) atoms. The Labute approximate surface area is 67.7 Å². The lowest BCUT2D eigenvalue weighted by molar-refractivity contribution is 0.379. The van der Waals surface area contributed by atoms with Gasteiger partial charge in [0.25, 0.3) is 0 Å². The Balaban J connectivity index is 2.83. The number of hydrogen-bond donors (Lipinski definition) is 1. The second-order valence-corrected chi connectivity index (χ2v) is 2.81. The predicted molar refractivity (Wildman–Crippen MR) is 42.6 cm³/mol. The molecule has 56 valence electrons. The minimum absolute atomic E-state index is 0.607. The molecule has 0 saturated carbocycles. The Morgan fingerprint density at radius 3 is 2.80 bits per heavy atom. The van der Waals surface area contributed by atoms with Gasteiger partial charge >= 0.3 is 0 Å². The van der Waals surface area contributed by atoms with Crippen LogP contribution in [0.4, 0.5) is 5.69 Å². The number of aryl methyl sites for hydroxylation is 1. The Kier molecular flexibility index (Phi) is 2.32. The maximum absolute atomic E-state index is 5.59. The van der Waals surface area contributed by atoms with Gasteiger partial charge in [-0.3, -0.25) is 0 Å². The third kappa shape index (κ3) is 1.31. The van der Waals surface area contributed by atoms with Gasteiger partial charge in [-0.2, -0.15) is 0 Å². The molecule has 0 aliphatic rings. The van der Waals surface area contributed by atoms with E-state index in [0.717, 1.165) is 18.6 Å². The molecule has 0 atom stereocenters. The highest BCUT2D eigenvalue weighted by Gasteiger charge is 2.07. The van der Waals surface area contributed by atoms with Crippen LogP contribution in [-0.2, 0) is 6.42 Å². The van der Waals surface area contributed by atoms with Crippen LogP contribution in [-0.4, -0.2) is 5.16 Å². The molecule has 1 heterocycles. The van der Waals surface area contributed by atoms with Gasteiger partial charge in [0.15, 0.2) is 10.4 Å². The van der Waals surface area contributed by atoms with E-state index >= 15 is 0 Å². The third-order valence-corrected chi connectivity index (χ3v) is 1.81. The molecule has 0 aliphatic carbocycles. The SMILES string of the molecule is CCCc1onc(Br)c1N.